The Balaban J connectivity index is 2.09. The zero-order valence-electron chi connectivity index (χ0n) is 11.3. The number of rotatable bonds is 3. The van der Waals surface area contributed by atoms with Crippen molar-refractivity contribution in [2.75, 3.05) is 5.73 Å². The lowest BCUT2D eigenvalue weighted by molar-refractivity contribution is 0.0472. The number of ether oxygens (including phenoxy) is 1. The zero-order chi connectivity index (χ0) is 14.7. The summed E-state index contributed by atoms with van der Waals surface area (Å²) in [5, 5.41) is 0. The van der Waals surface area contributed by atoms with E-state index in [0.717, 1.165) is 17.2 Å². The van der Waals surface area contributed by atoms with Gasteiger partial charge in [-0.3, -0.25) is 4.98 Å². The molecule has 1 aromatic carbocycles. The van der Waals surface area contributed by atoms with E-state index >= 15 is 0 Å². The topological polar surface area (TPSA) is 65.2 Å². The molecule has 0 atom stereocenters. The quantitative estimate of drug-likeness (QED) is 0.690. The first-order valence-corrected chi connectivity index (χ1v) is 6.10. The first-order chi connectivity index (χ1) is 9.47. The number of aromatic nitrogens is 1. The predicted molar refractivity (Wildman–Crippen MR) is 73.6 cm³/mol. The minimum absolute atomic E-state index is 0.0862. The second-order valence-electron chi connectivity index (χ2n) is 4.62. The van der Waals surface area contributed by atoms with Crippen LogP contribution in [-0.2, 0) is 11.3 Å². The van der Waals surface area contributed by atoms with E-state index < -0.39 is 11.8 Å². The van der Waals surface area contributed by atoms with Crippen molar-refractivity contribution in [3.63, 3.8) is 0 Å². The minimum atomic E-state index is -0.614. The van der Waals surface area contributed by atoms with Crippen LogP contribution < -0.4 is 5.73 Å². The molecule has 0 saturated heterocycles. The van der Waals surface area contributed by atoms with E-state index in [2.05, 4.69) is 4.98 Å². The molecule has 5 heteroatoms. The number of hydrogen-bond acceptors (Lipinski definition) is 4. The van der Waals surface area contributed by atoms with Gasteiger partial charge in [-0.05, 0) is 37.6 Å². The van der Waals surface area contributed by atoms with Crippen molar-refractivity contribution in [2.45, 2.75) is 20.5 Å². The van der Waals surface area contributed by atoms with E-state index in [1.165, 1.54) is 6.07 Å². The molecule has 0 unspecified atom stereocenters. The van der Waals surface area contributed by atoms with Gasteiger partial charge in [-0.25, -0.2) is 9.18 Å². The van der Waals surface area contributed by atoms with Crippen molar-refractivity contribution in [3.05, 3.63) is 58.7 Å². The summed E-state index contributed by atoms with van der Waals surface area (Å²) in [6, 6.07) is 4.40. The molecule has 2 aromatic rings. The maximum atomic E-state index is 13.5. The van der Waals surface area contributed by atoms with Crippen molar-refractivity contribution in [1.29, 1.82) is 0 Å². The number of carbonyl (C=O) groups is 1. The van der Waals surface area contributed by atoms with Crippen LogP contribution in [0.25, 0.3) is 0 Å². The third-order valence-electron chi connectivity index (χ3n) is 2.92. The van der Waals surface area contributed by atoms with E-state index in [4.69, 9.17) is 10.5 Å². The van der Waals surface area contributed by atoms with Crippen LogP contribution in [0.1, 0.15) is 27.0 Å². The number of carbonyl (C=O) groups excluding carboxylic acids is 1. The summed E-state index contributed by atoms with van der Waals surface area (Å²) >= 11 is 0. The lowest BCUT2D eigenvalue weighted by Gasteiger charge is -2.08. The first-order valence-electron chi connectivity index (χ1n) is 6.10. The average Bonchev–Trinajstić information content (AvgIpc) is 2.41. The number of nitrogens with zero attached hydrogens (tertiary/aromatic N) is 1. The fourth-order valence-corrected chi connectivity index (χ4v) is 1.75. The molecular formula is C15H15FN2O2. The van der Waals surface area contributed by atoms with Crippen LogP contribution in [0.5, 0.6) is 0 Å². The summed E-state index contributed by atoms with van der Waals surface area (Å²) in [7, 11) is 0. The molecule has 20 heavy (non-hydrogen) atoms. The third kappa shape index (κ3) is 3.12. The van der Waals surface area contributed by atoms with E-state index in [9.17, 15) is 9.18 Å². The van der Waals surface area contributed by atoms with Crippen LogP contribution in [0.15, 0.2) is 30.6 Å². The SMILES string of the molecule is Cc1cncc(COC(=O)c2cc(N)c(C)c(F)c2)c1. The van der Waals surface area contributed by atoms with Crippen LogP contribution in [0.4, 0.5) is 10.1 Å². The highest BCUT2D eigenvalue weighted by Gasteiger charge is 2.12. The van der Waals surface area contributed by atoms with E-state index in [1.54, 1.807) is 19.3 Å². The number of aryl methyl sites for hydroxylation is 1. The Morgan fingerprint density at radius 1 is 1.30 bits per heavy atom. The van der Waals surface area contributed by atoms with Gasteiger partial charge in [0.25, 0.3) is 0 Å². The van der Waals surface area contributed by atoms with Gasteiger partial charge in [0, 0.05) is 29.2 Å². The van der Waals surface area contributed by atoms with Gasteiger partial charge in [0.05, 0.1) is 5.56 Å². The fraction of sp³-hybridized carbons (Fsp3) is 0.200. The molecule has 0 radical (unpaired) electrons. The van der Waals surface area contributed by atoms with Gasteiger partial charge < -0.3 is 10.5 Å². The van der Waals surface area contributed by atoms with Gasteiger partial charge in [-0.2, -0.15) is 0 Å². The van der Waals surface area contributed by atoms with Crippen molar-refractivity contribution in [1.82, 2.24) is 4.98 Å². The number of pyridine rings is 1. The van der Waals surface area contributed by atoms with Crippen molar-refractivity contribution in [3.8, 4) is 0 Å². The van der Waals surface area contributed by atoms with Crippen LogP contribution in [0.2, 0.25) is 0 Å². The molecule has 2 N–H and O–H groups in total. The molecule has 1 aromatic heterocycles. The lowest BCUT2D eigenvalue weighted by atomic mass is 10.1. The molecule has 1 heterocycles. The van der Waals surface area contributed by atoms with E-state index in [0.29, 0.717) is 5.56 Å². The predicted octanol–water partition coefficient (Wildman–Crippen LogP) is 2.78. The van der Waals surface area contributed by atoms with E-state index in [1.807, 2.05) is 13.0 Å². The second kappa shape index (κ2) is 5.69. The molecule has 0 aliphatic carbocycles. The van der Waals surface area contributed by atoms with Gasteiger partial charge >= 0.3 is 5.97 Å². The summed E-state index contributed by atoms with van der Waals surface area (Å²) in [5.41, 5.74) is 8.04. The van der Waals surface area contributed by atoms with Gasteiger partial charge in [0.15, 0.2) is 0 Å². The Hall–Kier alpha value is -2.43. The molecule has 104 valence electrons. The fourth-order valence-electron chi connectivity index (χ4n) is 1.75. The number of hydrogen-bond donors (Lipinski definition) is 1. The minimum Gasteiger partial charge on any atom is -0.457 e. The Morgan fingerprint density at radius 3 is 2.70 bits per heavy atom. The van der Waals surface area contributed by atoms with Crippen LogP contribution >= 0.6 is 0 Å². The second-order valence-corrected chi connectivity index (χ2v) is 4.62. The molecule has 2 rings (SSSR count). The number of esters is 1. The highest BCUT2D eigenvalue weighted by molar-refractivity contribution is 5.90. The Labute approximate surface area is 116 Å². The molecule has 0 aliphatic rings. The summed E-state index contributed by atoms with van der Waals surface area (Å²) < 4.78 is 18.6. The summed E-state index contributed by atoms with van der Waals surface area (Å²) in [6.45, 7) is 3.54. The molecule has 4 nitrogen and oxygen atoms in total. The number of halogens is 1. The maximum Gasteiger partial charge on any atom is 0.338 e. The van der Waals surface area contributed by atoms with Gasteiger partial charge in [-0.15, -0.1) is 0 Å². The summed E-state index contributed by atoms with van der Waals surface area (Å²) in [6.07, 6.45) is 3.33. The van der Waals surface area contributed by atoms with Crippen LogP contribution in [0, 0.1) is 19.7 Å². The van der Waals surface area contributed by atoms with Crippen molar-refractivity contribution in [2.24, 2.45) is 0 Å². The highest BCUT2D eigenvalue weighted by atomic mass is 19.1. The van der Waals surface area contributed by atoms with Crippen molar-refractivity contribution >= 4 is 11.7 Å². The molecular weight excluding hydrogens is 259 g/mol. The van der Waals surface area contributed by atoms with E-state index in [-0.39, 0.29) is 17.9 Å². The van der Waals surface area contributed by atoms with Gasteiger partial charge in [0.2, 0.25) is 0 Å². The monoisotopic (exact) mass is 274 g/mol. The summed E-state index contributed by atoms with van der Waals surface area (Å²) in [4.78, 5) is 15.9. The Morgan fingerprint density at radius 2 is 2.05 bits per heavy atom. The lowest BCUT2D eigenvalue weighted by Crippen LogP contribution is -2.08. The number of benzene rings is 1. The smallest absolute Gasteiger partial charge is 0.338 e. The zero-order valence-corrected chi connectivity index (χ0v) is 11.3. The standard InChI is InChI=1S/C15H15FN2O2/c1-9-3-11(7-18-6-9)8-20-15(19)12-4-13(16)10(2)14(17)5-12/h3-7H,8,17H2,1-2H3. The van der Waals surface area contributed by atoms with Gasteiger partial charge in [-0.1, -0.05) is 0 Å². The Bertz CT molecular complexity index is 633. The highest BCUT2D eigenvalue weighted by Crippen LogP contribution is 2.18. The molecule has 0 spiro atoms. The molecule has 0 bridgehead atoms. The normalized spacial score (nSPS) is 10.3. The molecule has 0 aliphatic heterocycles. The number of anilines is 1. The van der Waals surface area contributed by atoms with Crippen LogP contribution in [-0.4, -0.2) is 11.0 Å². The third-order valence-corrected chi connectivity index (χ3v) is 2.92. The Kier molecular flexibility index (Phi) is 3.98. The number of nitrogen functional groups attached to an aromatic ring is 1. The van der Waals surface area contributed by atoms with Gasteiger partial charge in [0.1, 0.15) is 12.4 Å². The molecule has 0 saturated carbocycles. The maximum absolute atomic E-state index is 13.5. The average molecular weight is 274 g/mol. The summed E-state index contributed by atoms with van der Waals surface area (Å²) in [5.74, 6) is -1.13. The first kappa shape index (κ1) is 14.0. The molecule has 0 amide bonds. The van der Waals surface area contributed by atoms with Crippen molar-refractivity contribution < 1.29 is 13.9 Å². The number of nitrogens with two attached hydrogens (primary N) is 1. The molecule has 0 fully saturated rings. The largest absolute Gasteiger partial charge is 0.457 e. The van der Waals surface area contributed by atoms with Crippen LogP contribution in [0.3, 0.4) is 0 Å².